The quantitative estimate of drug-likeness (QED) is 0.913. The fourth-order valence-corrected chi connectivity index (χ4v) is 1.95. The second-order valence-electron chi connectivity index (χ2n) is 4.63. The number of alkyl halides is 3. The average molecular weight is 311 g/mol. The number of rotatable bonds is 3. The minimum atomic E-state index is -4.53. The van der Waals surface area contributed by atoms with Crippen LogP contribution in [-0.4, -0.2) is 15.9 Å². The number of carbonyl (C=O) groups excluding carboxylic acids is 1. The zero-order valence-electron chi connectivity index (χ0n) is 11.5. The van der Waals surface area contributed by atoms with Gasteiger partial charge >= 0.3 is 11.9 Å². The fourth-order valence-electron chi connectivity index (χ4n) is 1.95. The second-order valence-corrected chi connectivity index (χ2v) is 4.63. The maximum Gasteiger partial charge on any atom is 0.416 e. The summed E-state index contributed by atoms with van der Waals surface area (Å²) in [6, 6.07) is 6.24. The van der Waals surface area contributed by atoms with E-state index in [1.165, 1.54) is 24.3 Å². The first-order chi connectivity index (χ1) is 10.3. The molecule has 2 N–H and O–H groups in total. The van der Waals surface area contributed by atoms with Gasteiger partial charge in [-0.05, 0) is 18.6 Å². The first kappa shape index (κ1) is 15.7. The van der Waals surface area contributed by atoms with Crippen LogP contribution < -0.4 is 11.0 Å². The molecule has 1 amide bonds. The van der Waals surface area contributed by atoms with Gasteiger partial charge in [0.15, 0.2) is 0 Å². The Hall–Kier alpha value is -2.64. The number of anilines is 1. The van der Waals surface area contributed by atoms with Crippen molar-refractivity contribution < 1.29 is 18.0 Å². The SMILES string of the molecule is Cc1cc(NC(=O)Cc2ccccc2C(F)(F)F)nc(=O)[nH]1. The van der Waals surface area contributed by atoms with Crippen molar-refractivity contribution in [2.24, 2.45) is 0 Å². The van der Waals surface area contributed by atoms with Crippen molar-refractivity contribution in [3.05, 3.63) is 57.6 Å². The Balaban J connectivity index is 2.18. The number of halogens is 3. The minimum Gasteiger partial charge on any atom is -0.310 e. The van der Waals surface area contributed by atoms with E-state index in [2.05, 4.69) is 15.3 Å². The lowest BCUT2D eigenvalue weighted by atomic mass is 10.0. The highest BCUT2D eigenvalue weighted by molar-refractivity contribution is 5.91. The fraction of sp³-hybridized carbons (Fsp3) is 0.214. The second kappa shape index (κ2) is 6.00. The van der Waals surface area contributed by atoms with Crippen LogP contribution in [0, 0.1) is 6.92 Å². The normalized spacial score (nSPS) is 11.3. The van der Waals surface area contributed by atoms with Crippen molar-refractivity contribution in [1.82, 2.24) is 9.97 Å². The molecule has 8 heteroatoms. The lowest BCUT2D eigenvalue weighted by molar-refractivity contribution is -0.138. The molecule has 5 nitrogen and oxygen atoms in total. The molecular formula is C14H12F3N3O2. The number of aryl methyl sites for hydroxylation is 1. The minimum absolute atomic E-state index is 0.00394. The smallest absolute Gasteiger partial charge is 0.310 e. The summed E-state index contributed by atoms with van der Waals surface area (Å²) >= 11 is 0. The van der Waals surface area contributed by atoms with Crippen molar-refractivity contribution in [2.75, 3.05) is 5.32 Å². The van der Waals surface area contributed by atoms with E-state index in [1.54, 1.807) is 6.92 Å². The van der Waals surface area contributed by atoms with Crippen molar-refractivity contribution >= 4 is 11.7 Å². The predicted octanol–water partition coefficient (Wildman–Crippen LogP) is 2.28. The Morgan fingerprint density at radius 1 is 1.32 bits per heavy atom. The molecule has 1 aromatic heterocycles. The molecule has 0 spiro atoms. The van der Waals surface area contributed by atoms with Gasteiger partial charge in [0.1, 0.15) is 5.82 Å². The van der Waals surface area contributed by atoms with Gasteiger partial charge in [0.2, 0.25) is 5.91 Å². The van der Waals surface area contributed by atoms with E-state index in [1.807, 2.05) is 0 Å². The number of carbonyl (C=O) groups is 1. The number of hydrogen-bond acceptors (Lipinski definition) is 3. The molecule has 0 fully saturated rings. The molecule has 116 valence electrons. The largest absolute Gasteiger partial charge is 0.416 e. The zero-order chi connectivity index (χ0) is 16.3. The maximum atomic E-state index is 12.8. The van der Waals surface area contributed by atoms with Crippen LogP contribution in [-0.2, 0) is 17.4 Å². The van der Waals surface area contributed by atoms with Gasteiger partial charge in [-0.2, -0.15) is 18.2 Å². The lowest BCUT2D eigenvalue weighted by Gasteiger charge is -2.12. The maximum absolute atomic E-state index is 12.8. The Morgan fingerprint density at radius 3 is 2.64 bits per heavy atom. The highest BCUT2D eigenvalue weighted by Gasteiger charge is 2.33. The predicted molar refractivity (Wildman–Crippen MR) is 73.4 cm³/mol. The molecule has 22 heavy (non-hydrogen) atoms. The van der Waals surface area contributed by atoms with E-state index in [0.29, 0.717) is 5.69 Å². The molecule has 0 aliphatic rings. The third-order valence-corrected chi connectivity index (χ3v) is 2.82. The van der Waals surface area contributed by atoms with E-state index in [0.717, 1.165) is 6.07 Å². The summed E-state index contributed by atoms with van der Waals surface area (Å²) in [5.41, 5.74) is -1.17. The van der Waals surface area contributed by atoms with Crippen LogP contribution in [0.4, 0.5) is 19.0 Å². The lowest BCUT2D eigenvalue weighted by Crippen LogP contribution is -2.21. The van der Waals surface area contributed by atoms with Gasteiger partial charge in [-0.25, -0.2) is 4.79 Å². The molecule has 2 aromatic rings. The summed E-state index contributed by atoms with van der Waals surface area (Å²) < 4.78 is 38.5. The molecule has 1 heterocycles. The summed E-state index contributed by atoms with van der Waals surface area (Å²) in [5, 5.41) is 2.31. The van der Waals surface area contributed by atoms with Gasteiger partial charge in [0, 0.05) is 11.8 Å². The van der Waals surface area contributed by atoms with Crippen LogP contribution >= 0.6 is 0 Å². The van der Waals surface area contributed by atoms with Crippen molar-refractivity contribution in [2.45, 2.75) is 19.5 Å². The van der Waals surface area contributed by atoms with Crippen LogP contribution in [0.1, 0.15) is 16.8 Å². The number of H-pyrrole nitrogens is 1. The molecule has 0 unspecified atom stereocenters. The molecule has 0 saturated carbocycles. The van der Waals surface area contributed by atoms with Gasteiger partial charge in [0.05, 0.1) is 12.0 Å². The first-order valence-electron chi connectivity index (χ1n) is 6.28. The number of benzene rings is 1. The van der Waals surface area contributed by atoms with Crippen molar-refractivity contribution in [1.29, 1.82) is 0 Å². The van der Waals surface area contributed by atoms with E-state index < -0.39 is 29.8 Å². The number of nitrogens with one attached hydrogen (secondary N) is 2. The van der Waals surface area contributed by atoms with Crippen LogP contribution in [0.5, 0.6) is 0 Å². The van der Waals surface area contributed by atoms with Gasteiger partial charge in [-0.1, -0.05) is 18.2 Å². The monoisotopic (exact) mass is 311 g/mol. The highest BCUT2D eigenvalue weighted by Crippen LogP contribution is 2.32. The van der Waals surface area contributed by atoms with Crippen molar-refractivity contribution in [3.63, 3.8) is 0 Å². The summed E-state index contributed by atoms with van der Waals surface area (Å²) in [5.74, 6) is -0.690. The van der Waals surface area contributed by atoms with E-state index in [-0.39, 0.29) is 11.4 Å². The first-order valence-corrected chi connectivity index (χ1v) is 6.28. The van der Waals surface area contributed by atoms with Gasteiger partial charge in [0.25, 0.3) is 0 Å². The number of nitrogens with zero attached hydrogens (tertiary/aromatic N) is 1. The average Bonchev–Trinajstić information content (AvgIpc) is 2.36. The van der Waals surface area contributed by atoms with Gasteiger partial charge in [-0.3, -0.25) is 4.79 Å². The number of amides is 1. The van der Waals surface area contributed by atoms with Crippen LogP contribution in [0.15, 0.2) is 35.1 Å². The standard InChI is InChI=1S/C14H12F3N3O2/c1-8-6-11(20-13(22)18-8)19-12(21)7-9-4-2-3-5-10(9)14(15,16)17/h2-6H,7H2,1H3,(H2,18,19,20,21,22). The summed E-state index contributed by atoms with van der Waals surface area (Å²) in [4.78, 5) is 28.9. The Morgan fingerprint density at radius 2 is 2.00 bits per heavy atom. The van der Waals surface area contributed by atoms with E-state index in [4.69, 9.17) is 0 Å². The summed E-state index contributed by atoms with van der Waals surface area (Å²) in [6.45, 7) is 1.59. The van der Waals surface area contributed by atoms with Gasteiger partial charge in [-0.15, -0.1) is 0 Å². The summed E-state index contributed by atoms with van der Waals surface area (Å²) in [7, 11) is 0. The molecule has 0 saturated heterocycles. The molecule has 2 rings (SSSR count). The molecule has 0 atom stereocenters. The van der Waals surface area contributed by atoms with E-state index >= 15 is 0 Å². The Labute approximate surface area is 123 Å². The number of aromatic nitrogens is 2. The molecule has 1 aromatic carbocycles. The van der Waals surface area contributed by atoms with Gasteiger partial charge < -0.3 is 10.3 Å². The van der Waals surface area contributed by atoms with Crippen LogP contribution in [0.25, 0.3) is 0 Å². The van der Waals surface area contributed by atoms with Crippen molar-refractivity contribution in [3.8, 4) is 0 Å². The molecule has 0 radical (unpaired) electrons. The Kier molecular flexibility index (Phi) is 4.30. The number of hydrogen-bond donors (Lipinski definition) is 2. The highest BCUT2D eigenvalue weighted by atomic mass is 19.4. The van der Waals surface area contributed by atoms with E-state index in [9.17, 15) is 22.8 Å². The zero-order valence-corrected chi connectivity index (χ0v) is 11.5. The third kappa shape index (κ3) is 3.94. The molecule has 0 bridgehead atoms. The topological polar surface area (TPSA) is 74.8 Å². The Bertz CT molecular complexity index is 753. The molecular weight excluding hydrogens is 299 g/mol. The van der Waals surface area contributed by atoms with Crippen LogP contribution in [0.2, 0.25) is 0 Å². The molecule has 0 aliphatic carbocycles. The molecule has 0 aliphatic heterocycles. The third-order valence-electron chi connectivity index (χ3n) is 2.82. The van der Waals surface area contributed by atoms with Crippen LogP contribution in [0.3, 0.4) is 0 Å². The summed E-state index contributed by atoms with van der Waals surface area (Å²) in [6.07, 6.45) is -5.00. The number of aromatic amines is 1.